The number of esters is 1. The second kappa shape index (κ2) is 11.6. The van der Waals surface area contributed by atoms with Crippen LogP contribution in [-0.2, 0) is 22.5 Å². The van der Waals surface area contributed by atoms with Gasteiger partial charge in [0.1, 0.15) is 0 Å². The molecular weight excluding hydrogens is 400 g/mol. The Kier molecular flexibility index (Phi) is 9.41. The summed E-state index contributed by atoms with van der Waals surface area (Å²) in [4.78, 5) is 19.3. The molecule has 1 aromatic carbocycles. The Morgan fingerprint density at radius 3 is 2.47 bits per heavy atom. The number of aryl methyl sites for hydroxylation is 1. The third kappa shape index (κ3) is 8.03. The van der Waals surface area contributed by atoms with Gasteiger partial charge in [-0.05, 0) is 109 Å². The first kappa shape index (κ1) is 26.0. The number of carbonyl (C=O) groups is 1. The number of carbonyl (C=O) groups excluding carboxylic acids is 1. The largest absolute Gasteiger partial charge is 0.466 e. The second-order valence-corrected chi connectivity index (χ2v) is 9.78. The molecule has 5 nitrogen and oxygen atoms in total. The molecule has 0 unspecified atom stereocenters. The van der Waals surface area contributed by atoms with Gasteiger partial charge in [-0.25, -0.2) is 0 Å². The number of aromatic nitrogens is 1. The van der Waals surface area contributed by atoms with Gasteiger partial charge in [0.2, 0.25) is 0 Å². The zero-order valence-corrected chi connectivity index (χ0v) is 20.9. The lowest BCUT2D eigenvalue weighted by molar-refractivity contribution is -0.142. The molecule has 0 amide bonds. The average Bonchev–Trinajstić information content (AvgIpc) is 2.68. The quantitative estimate of drug-likeness (QED) is 0.606. The number of allylic oxidation sites excluding steroid dienone is 2. The fourth-order valence-corrected chi connectivity index (χ4v) is 3.92. The number of nitrogens with zero attached hydrogens (tertiary/aromatic N) is 2. The molecule has 3 rings (SSSR count). The second-order valence-electron chi connectivity index (χ2n) is 9.78. The minimum Gasteiger partial charge on any atom is -0.466 e. The van der Waals surface area contributed by atoms with E-state index in [4.69, 9.17) is 14.8 Å². The summed E-state index contributed by atoms with van der Waals surface area (Å²) < 4.78 is 5.24. The summed E-state index contributed by atoms with van der Waals surface area (Å²) in [5, 5.41) is 9.67. The van der Waals surface area contributed by atoms with Crippen molar-refractivity contribution in [3.05, 3.63) is 46.7 Å². The predicted octanol–water partition coefficient (Wildman–Crippen LogP) is 5.45. The van der Waals surface area contributed by atoms with Crippen molar-refractivity contribution >= 4 is 22.4 Å². The molecule has 1 aromatic heterocycles. The fraction of sp³-hybridized carbons (Fsp3) is 0.556. The van der Waals surface area contributed by atoms with Crippen molar-refractivity contribution in [2.45, 2.75) is 78.9 Å². The van der Waals surface area contributed by atoms with Crippen molar-refractivity contribution in [1.82, 2.24) is 9.88 Å². The third-order valence-corrected chi connectivity index (χ3v) is 5.10. The molecule has 176 valence electrons. The number of hydrogen-bond acceptors (Lipinski definition) is 5. The maximum atomic E-state index is 12.2. The Balaban J connectivity index is 0.000000654. The van der Waals surface area contributed by atoms with Crippen LogP contribution in [0.4, 0.5) is 0 Å². The molecule has 0 bridgehead atoms. The molecule has 32 heavy (non-hydrogen) atoms. The van der Waals surface area contributed by atoms with E-state index >= 15 is 0 Å². The average molecular weight is 441 g/mol. The summed E-state index contributed by atoms with van der Waals surface area (Å²) in [6.07, 6.45) is 7.28. The van der Waals surface area contributed by atoms with E-state index in [1.807, 2.05) is 6.92 Å². The van der Waals surface area contributed by atoms with E-state index in [2.05, 4.69) is 50.2 Å². The molecule has 1 aliphatic carbocycles. The van der Waals surface area contributed by atoms with Crippen LogP contribution in [0.15, 0.2) is 24.3 Å². The van der Waals surface area contributed by atoms with Crippen LogP contribution in [0, 0.1) is 6.92 Å². The summed E-state index contributed by atoms with van der Waals surface area (Å²) in [5.41, 5.74) is 6.36. The van der Waals surface area contributed by atoms with Gasteiger partial charge in [-0.1, -0.05) is 12.1 Å². The van der Waals surface area contributed by atoms with Crippen LogP contribution in [0.3, 0.4) is 0 Å². The van der Waals surface area contributed by atoms with Gasteiger partial charge in [-0.15, -0.1) is 0 Å². The molecule has 2 aromatic rings. The lowest BCUT2D eigenvalue weighted by Crippen LogP contribution is -2.13. The summed E-state index contributed by atoms with van der Waals surface area (Å²) in [6, 6.07) is 6.41. The van der Waals surface area contributed by atoms with Crippen molar-refractivity contribution in [3.63, 3.8) is 0 Å². The summed E-state index contributed by atoms with van der Waals surface area (Å²) in [6.45, 7) is 10.4. The zero-order chi connectivity index (χ0) is 23.9. The van der Waals surface area contributed by atoms with Gasteiger partial charge in [0, 0.05) is 11.9 Å². The molecule has 1 N–H and O–H groups in total. The SMILES string of the molecule is CC(C)(C)O.CCOC(=O)Cc1c(C)cc2nc(CN(C)C)ccc2c1C1=CCCCC1. The highest BCUT2D eigenvalue weighted by molar-refractivity contribution is 5.95. The van der Waals surface area contributed by atoms with E-state index in [1.165, 1.54) is 24.0 Å². The molecule has 0 aliphatic heterocycles. The number of fused-ring (bicyclic) bond motifs is 1. The van der Waals surface area contributed by atoms with E-state index < -0.39 is 5.60 Å². The zero-order valence-electron chi connectivity index (χ0n) is 20.9. The summed E-state index contributed by atoms with van der Waals surface area (Å²) >= 11 is 0. The molecule has 1 aliphatic rings. The lowest BCUT2D eigenvalue weighted by Gasteiger charge is -2.21. The first-order valence-electron chi connectivity index (χ1n) is 11.6. The van der Waals surface area contributed by atoms with Gasteiger partial charge in [-0.2, -0.15) is 0 Å². The number of benzene rings is 1. The fourth-order valence-electron chi connectivity index (χ4n) is 3.92. The Morgan fingerprint density at radius 2 is 1.91 bits per heavy atom. The third-order valence-electron chi connectivity index (χ3n) is 5.10. The molecule has 0 radical (unpaired) electrons. The standard InChI is InChI=1S/C23H30N2O2.C4H10O/c1-5-27-22(26)14-20-16(2)13-21-19(12-11-18(24-21)15-25(3)4)23(20)17-9-7-6-8-10-17;1-4(2,3)5/h9,11-13H,5-8,10,14-15H2,1-4H3;5H,1-3H3. The molecular formula is C27H40N2O3. The van der Waals surface area contributed by atoms with Gasteiger partial charge in [-0.3, -0.25) is 9.78 Å². The van der Waals surface area contributed by atoms with Gasteiger partial charge >= 0.3 is 5.97 Å². The van der Waals surface area contributed by atoms with E-state index in [-0.39, 0.29) is 5.97 Å². The minimum absolute atomic E-state index is 0.158. The normalized spacial score (nSPS) is 14.1. The van der Waals surface area contributed by atoms with Gasteiger partial charge in [0.15, 0.2) is 0 Å². The minimum atomic E-state index is -0.500. The van der Waals surface area contributed by atoms with E-state index in [0.29, 0.717) is 13.0 Å². The molecule has 0 atom stereocenters. The molecule has 0 spiro atoms. The van der Waals surface area contributed by atoms with Crippen LogP contribution in [0.25, 0.3) is 16.5 Å². The van der Waals surface area contributed by atoms with Crippen LogP contribution in [0.5, 0.6) is 0 Å². The molecule has 0 saturated carbocycles. The highest BCUT2D eigenvalue weighted by Gasteiger charge is 2.20. The van der Waals surface area contributed by atoms with Crippen molar-refractivity contribution < 1.29 is 14.6 Å². The number of aliphatic hydroxyl groups is 1. The summed E-state index contributed by atoms with van der Waals surface area (Å²) in [5.74, 6) is -0.158. The molecule has 1 heterocycles. The van der Waals surface area contributed by atoms with Crippen LogP contribution < -0.4 is 0 Å². The Labute approximate surface area is 193 Å². The van der Waals surface area contributed by atoms with E-state index in [0.717, 1.165) is 47.1 Å². The Morgan fingerprint density at radius 1 is 1.22 bits per heavy atom. The maximum Gasteiger partial charge on any atom is 0.310 e. The Bertz CT molecular complexity index is 950. The number of rotatable bonds is 6. The van der Waals surface area contributed by atoms with Crippen LogP contribution in [-0.4, -0.2) is 47.3 Å². The van der Waals surface area contributed by atoms with E-state index in [1.54, 1.807) is 20.8 Å². The van der Waals surface area contributed by atoms with E-state index in [9.17, 15) is 4.79 Å². The summed E-state index contributed by atoms with van der Waals surface area (Å²) in [7, 11) is 4.11. The Hall–Kier alpha value is -2.24. The molecule has 5 heteroatoms. The van der Waals surface area contributed by atoms with Crippen molar-refractivity contribution in [2.75, 3.05) is 20.7 Å². The van der Waals surface area contributed by atoms with Crippen LogP contribution in [0.2, 0.25) is 0 Å². The molecule has 0 fully saturated rings. The van der Waals surface area contributed by atoms with Crippen molar-refractivity contribution in [1.29, 1.82) is 0 Å². The predicted molar refractivity (Wildman–Crippen MR) is 133 cm³/mol. The number of pyridine rings is 1. The van der Waals surface area contributed by atoms with Crippen LogP contribution >= 0.6 is 0 Å². The van der Waals surface area contributed by atoms with Crippen LogP contribution in [0.1, 0.15) is 75.8 Å². The highest BCUT2D eigenvalue weighted by Crippen LogP contribution is 2.36. The van der Waals surface area contributed by atoms with Gasteiger partial charge in [0.05, 0.1) is 29.8 Å². The van der Waals surface area contributed by atoms with Crippen molar-refractivity contribution in [2.24, 2.45) is 0 Å². The topological polar surface area (TPSA) is 62.7 Å². The number of hydrogen-bond donors (Lipinski definition) is 1. The highest BCUT2D eigenvalue weighted by atomic mass is 16.5. The van der Waals surface area contributed by atoms with Crippen molar-refractivity contribution in [3.8, 4) is 0 Å². The van der Waals surface area contributed by atoms with Gasteiger partial charge in [0.25, 0.3) is 0 Å². The first-order valence-corrected chi connectivity index (χ1v) is 11.6. The molecule has 0 saturated heterocycles. The smallest absolute Gasteiger partial charge is 0.310 e. The first-order chi connectivity index (χ1) is 15.0. The maximum absolute atomic E-state index is 12.2. The monoisotopic (exact) mass is 440 g/mol. The van der Waals surface area contributed by atoms with Gasteiger partial charge < -0.3 is 14.7 Å². The number of ether oxygens (including phenoxy) is 1. The lowest BCUT2D eigenvalue weighted by atomic mass is 9.85.